The Morgan fingerprint density at radius 3 is 2.05 bits per heavy atom. The largest absolute Gasteiger partial charge is 0.497 e. The molecule has 5 fully saturated rings. The van der Waals surface area contributed by atoms with E-state index in [4.69, 9.17) is 19.7 Å². The molecule has 0 bridgehead atoms. The Balaban J connectivity index is 0.000000180. The number of oxime groups is 1. The molecule has 1 amide bonds. The van der Waals surface area contributed by atoms with Crippen LogP contribution in [0.4, 0.5) is 0 Å². The fourth-order valence-electron chi connectivity index (χ4n) is 10.8. The third-order valence-corrected chi connectivity index (χ3v) is 14.3. The molecule has 11 nitrogen and oxygen atoms in total. The molecular weight excluding hydrogens is 777 g/mol. The van der Waals surface area contributed by atoms with Gasteiger partial charge in [0.2, 0.25) is 11.8 Å². The molecule has 2 atom stereocenters. The second-order valence-corrected chi connectivity index (χ2v) is 18.0. The second kappa shape index (κ2) is 21.2. The van der Waals surface area contributed by atoms with E-state index in [-0.39, 0.29) is 17.6 Å². The SMILES string of the molecule is CC.CO/N=C(/c1ccc2nc(OC)ccc2c1)C1CCCN(C2CCC(O)CC2)C1.COc1ccc2cc(C(=N)C3CCCN(C4CCC5(CCC(=O)N5)CC4)C3)ccc2c1. The van der Waals surface area contributed by atoms with E-state index in [9.17, 15) is 9.90 Å². The highest BCUT2D eigenvalue weighted by Crippen LogP contribution is 2.39. The molecule has 11 heteroatoms. The molecule has 1 spiro atoms. The molecule has 3 aromatic carbocycles. The minimum atomic E-state index is -0.109. The van der Waals surface area contributed by atoms with Crippen LogP contribution in [0.2, 0.25) is 0 Å². The summed E-state index contributed by atoms with van der Waals surface area (Å²) in [6.07, 6.45) is 14.7. The van der Waals surface area contributed by atoms with Crippen molar-refractivity contribution < 1.29 is 24.2 Å². The van der Waals surface area contributed by atoms with Crippen LogP contribution in [0.1, 0.15) is 115 Å². The van der Waals surface area contributed by atoms with Crippen LogP contribution in [0.25, 0.3) is 21.7 Å². The van der Waals surface area contributed by atoms with Crippen molar-refractivity contribution in [2.24, 2.45) is 17.0 Å². The van der Waals surface area contributed by atoms with Crippen molar-refractivity contribution in [1.82, 2.24) is 20.1 Å². The maximum Gasteiger partial charge on any atom is 0.220 e. The van der Waals surface area contributed by atoms with Gasteiger partial charge in [-0.05, 0) is 149 Å². The van der Waals surface area contributed by atoms with Gasteiger partial charge in [-0.2, -0.15) is 0 Å². The lowest BCUT2D eigenvalue weighted by molar-refractivity contribution is -0.120. The second-order valence-electron chi connectivity index (χ2n) is 18.0. The highest BCUT2D eigenvalue weighted by atomic mass is 16.6. The number of hydrogen-bond acceptors (Lipinski definition) is 10. The fraction of sp³-hybridized carbons (Fsp3) is 0.569. The molecule has 3 N–H and O–H groups in total. The molecule has 2 unspecified atom stereocenters. The fourth-order valence-corrected chi connectivity index (χ4v) is 10.8. The number of carbonyl (C=O) groups excluding carboxylic acids is 1. The minimum Gasteiger partial charge on any atom is -0.497 e. The van der Waals surface area contributed by atoms with Crippen molar-refractivity contribution in [2.45, 2.75) is 127 Å². The van der Waals surface area contributed by atoms with Crippen LogP contribution in [-0.2, 0) is 9.63 Å². The zero-order valence-electron chi connectivity index (χ0n) is 37.8. The van der Waals surface area contributed by atoms with E-state index in [1.807, 2.05) is 44.2 Å². The number of nitrogens with one attached hydrogen (secondary N) is 2. The molecule has 5 aliphatic rings. The standard InChI is InChI=1S/C26H33N3O2.C23H31N3O3.C2H6/c1-31-23-7-6-18-15-20(5-4-19(18)16-23)25(27)21-3-2-14-29(17-21)22-8-11-26(12-9-22)13-10-24(30)28-26;1-28-22-12-6-16-14-17(5-11-21(16)24-22)23(25-29-2)18-4-3-13-26(15-18)19-7-9-20(27)10-8-19;1-2/h4-7,15-16,21-22,27H,2-3,8-14,17H2,1H3,(H,28,30);5-6,11-12,14,18-20,27H,3-4,7-10,13,15H2,1-2H3;1-2H3/b;25-23-;. The Kier molecular flexibility index (Phi) is 15.5. The number of hydrogen-bond donors (Lipinski definition) is 3. The van der Waals surface area contributed by atoms with Gasteiger partial charge in [-0.3, -0.25) is 14.6 Å². The summed E-state index contributed by atoms with van der Waals surface area (Å²) >= 11 is 0. The van der Waals surface area contributed by atoms with E-state index in [1.54, 1.807) is 21.3 Å². The molecule has 0 radical (unpaired) electrons. The highest BCUT2D eigenvalue weighted by Gasteiger charge is 2.42. The van der Waals surface area contributed by atoms with E-state index in [0.717, 1.165) is 153 Å². The number of aromatic nitrogens is 1. The van der Waals surface area contributed by atoms with Gasteiger partial charge in [-0.15, -0.1) is 0 Å². The molecule has 334 valence electrons. The summed E-state index contributed by atoms with van der Waals surface area (Å²) in [6.45, 7) is 8.27. The van der Waals surface area contributed by atoms with Crippen LogP contribution in [0.5, 0.6) is 11.6 Å². The first kappa shape index (κ1) is 45.4. The van der Waals surface area contributed by atoms with Gasteiger partial charge in [0.15, 0.2) is 0 Å². The third-order valence-electron chi connectivity index (χ3n) is 14.3. The minimum absolute atomic E-state index is 0.0866. The van der Waals surface area contributed by atoms with E-state index in [0.29, 0.717) is 36.2 Å². The summed E-state index contributed by atoms with van der Waals surface area (Å²) in [4.78, 5) is 26.7. The highest BCUT2D eigenvalue weighted by molar-refractivity contribution is 6.05. The molecule has 4 aromatic rings. The predicted molar refractivity (Wildman–Crippen MR) is 250 cm³/mol. The van der Waals surface area contributed by atoms with Crippen molar-refractivity contribution in [3.8, 4) is 11.6 Å². The average Bonchev–Trinajstić information content (AvgIpc) is 3.69. The number of likely N-dealkylation sites (tertiary alicyclic amines) is 2. The quantitative estimate of drug-likeness (QED) is 0.112. The molecule has 2 aliphatic carbocycles. The summed E-state index contributed by atoms with van der Waals surface area (Å²) in [5.41, 5.74) is 4.93. The van der Waals surface area contributed by atoms with Crippen molar-refractivity contribution in [3.63, 3.8) is 0 Å². The number of ether oxygens (including phenoxy) is 2. The summed E-state index contributed by atoms with van der Waals surface area (Å²) in [6, 6.07) is 23.8. The number of benzene rings is 3. The van der Waals surface area contributed by atoms with E-state index < -0.39 is 0 Å². The monoisotopic (exact) mass is 847 g/mol. The predicted octanol–water partition coefficient (Wildman–Crippen LogP) is 9.16. The lowest BCUT2D eigenvalue weighted by atomic mass is 9.77. The topological polar surface area (TPSA) is 133 Å². The number of amides is 1. The van der Waals surface area contributed by atoms with Crippen LogP contribution in [0.15, 0.2) is 71.9 Å². The van der Waals surface area contributed by atoms with Gasteiger partial charge in [0, 0.05) is 71.7 Å². The van der Waals surface area contributed by atoms with Gasteiger partial charge in [-0.1, -0.05) is 43.3 Å². The van der Waals surface area contributed by atoms with Crippen molar-refractivity contribution in [2.75, 3.05) is 47.5 Å². The van der Waals surface area contributed by atoms with E-state index in [2.05, 4.69) is 61.7 Å². The van der Waals surface area contributed by atoms with Gasteiger partial charge in [0.25, 0.3) is 0 Å². The Labute approximate surface area is 369 Å². The van der Waals surface area contributed by atoms with Crippen LogP contribution < -0.4 is 14.8 Å². The lowest BCUT2D eigenvalue weighted by Gasteiger charge is -2.44. The molecule has 2 saturated carbocycles. The zero-order chi connectivity index (χ0) is 43.6. The number of carbonyl (C=O) groups is 1. The van der Waals surface area contributed by atoms with E-state index >= 15 is 0 Å². The van der Waals surface area contributed by atoms with Gasteiger partial charge in [0.05, 0.1) is 31.6 Å². The molecule has 1 aromatic heterocycles. The zero-order valence-corrected chi connectivity index (χ0v) is 37.8. The average molecular weight is 847 g/mol. The lowest BCUT2D eigenvalue weighted by Crippen LogP contribution is -2.51. The molecule has 62 heavy (non-hydrogen) atoms. The first-order valence-corrected chi connectivity index (χ1v) is 23.4. The van der Waals surface area contributed by atoms with Gasteiger partial charge in [0.1, 0.15) is 12.9 Å². The van der Waals surface area contributed by atoms with Crippen molar-refractivity contribution >= 4 is 39.0 Å². The first-order chi connectivity index (χ1) is 30.2. The summed E-state index contributed by atoms with van der Waals surface area (Å²) < 4.78 is 10.6. The smallest absolute Gasteiger partial charge is 0.220 e. The number of aliphatic hydroxyl groups excluding tert-OH is 1. The Morgan fingerprint density at radius 1 is 0.742 bits per heavy atom. The van der Waals surface area contributed by atoms with Crippen LogP contribution in [0.3, 0.4) is 0 Å². The summed E-state index contributed by atoms with van der Waals surface area (Å²) in [5.74, 6) is 2.37. The number of fused-ring (bicyclic) bond motifs is 2. The summed E-state index contributed by atoms with van der Waals surface area (Å²) in [7, 11) is 4.94. The first-order valence-electron chi connectivity index (χ1n) is 23.4. The van der Waals surface area contributed by atoms with Gasteiger partial charge < -0.3 is 30.1 Å². The van der Waals surface area contributed by atoms with E-state index in [1.165, 1.54) is 6.42 Å². The number of aliphatic hydroxyl groups is 1. The molecular formula is C51H70N6O5. The molecule has 3 saturated heterocycles. The third kappa shape index (κ3) is 10.8. The Morgan fingerprint density at radius 2 is 1.37 bits per heavy atom. The Hall–Kier alpha value is -4.58. The molecule has 9 rings (SSSR count). The maximum absolute atomic E-state index is 11.7. The van der Waals surface area contributed by atoms with Gasteiger partial charge >= 0.3 is 0 Å². The maximum atomic E-state index is 11.7. The number of rotatable bonds is 9. The van der Waals surface area contributed by atoms with Crippen LogP contribution in [-0.4, -0.2) is 108 Å². The number of nitrogens with zero attached hydrogens (tertiary/aromatic N) is 4. The van der Waals surface area contributed by atoms with Crippen molar-refractivity contribution in [1.29, 1.82) is 5.41 Å². The normalized spacial score (nSPS) is 27.1. The number of pyridine rings is 1. The van der Waals surface area contributed by atoms with Crippen molar-refractivity contribution in [3.05, 3.63) is 77.9 Å². The number of methoxy groups -OCH3 is 2. The van der Waals surface area contributed by atoms with Crippen LogP contribution >= 0.6 is 0 Å². The molecule has 4 heterocycles. The number of piperidine rings is 2. The summed E-state index contributed by atoms with van der Waals surface area (Å²) in [5, 5.41) is 29.9. The van der Waals surface area contributed by atoms with Crippen LogP contribution in [0, 0.1) is 17.2 Å². The Bertz CT molecular complexity index is 2160. The van der Waals surface area contributed by atoms with Gasteiger partial charge in [-0.25, -0.2) is 4.98 Å². The molecule has 3 aliphatic heterocycles.